The monoisotopic (exact) mass is 235 g/mol. The van der Waals surface area contributed by atoms with Crippen molar-refractivity contribution < 1.29 is 14.6 Å². The van der Waals surface area contributed by atoms with E-state index in [0.29, 0.717) is 5.75 Å². The van der Waals surface area contributed by atoms with Crippen LogP contribution >= 0.6 is 0 Å². The van der Waals surface area contributed by atoms with Gasteiger partial charge in [-0.2, -0.15) is 0 Å². The van der Waals surface area contributed by atoms with Crippen LogP contribution in [0.2, 0.25) is 0 Å². The largest absolute Gasteiger partial charge is 0.478 e. The normalized spacial score (nSPS) is 16.4. The minimum absolute atomic E-state index is 0.176. The number of nitrogens with zero attached hydrogens (tertiary/aromatic N) is 1. The number of carbonyl (C=O) groups is 1. The average Bonchev–Trinajstić information content (AvgIpc) is 3.09. The van der Waals surface area contributed by atoms with Gasteiger partial charge in [-0.1, -0.05) is 6.07 Å². The number of ether oxygens (including phenoxy) is 1. The summed E-state index contributed by atoms with van der Waals surface area (Å²) in [5.41, 5.74) is 1.00. The maximum atomic E-state index is 11.1. The van der Waals surface area contributed by atoms with E-state index in [2.05, 4.69) is 0 Å². The van der Waals surface area contributed by atoms with Gasteiger partial charge in [0, 0.05) is 31.8 Å². The van der Waals surface area contributed by atoms with Gasteiger partial charge in [-0.05, 0) is 25.0 Å². The Kier molecular flexibility index (Phi) is 3.22. The van der Waals surface area contributed by atoms with Crippen molar-refractivity contribution in [3.63, 3.8) is 0 Å². The fraction of sp³-hybridized carbons (Fsp3) is 0.462. The molecule has 1 aliphatic carbocycles. The van der Waals surface area contributed by atoms with Crippen molar-refractivity contribution in [1.82, 2.24) is 0 Å². The SMILES string of the molecule is CN(C)c1cccc(OC(C(=O)O)C2CC2)c1. The first-order valence-corrected chi connectivity index (χ1v) is 5.75. The molecule has 0 heterocycles. The van der Waals surface area contributed by atoms with Gasteiger partial charge in [0.15, 0.2) is 6.10 Å². The number of carboxylic acid groups (broad SMARTS) is 1. The summed E-state index contributed by atoms with van der Waals surface area (Å²) in [6, 6.07) is 7.49. The Labute approximate surface area is 101 Å². The molecule has 1 N–H and O–H groups in total. The maximum Gasteiger partial charge on any atom is 0.345 e. The van der Waals surface area contributed by atoms with Crippen LogP contribution in [0.3, 0.4) is 0 Å². The third kappa shape index (κ3) is 2.90. The van der Waals surface area contributed by atoms with Gasteiger partial charge in [0.05, 0.1) is 0 Å². The molecule has 0 aliphatic heterocycles. The number of benzene rings is 1. The second-order valence-electron chi connectivity index (χ2n) is 4.61. The van der Waals surface area contributed by atoms with Crippen LogP contribution in [-0.4, -0.2) is 31.3 Å². The van der Waals surface area contributed by atoms with E-state index in [9.17, 15) is 4.79 Å². The van der Waals surface area contributed by atoms with Crippen LogP contribution in [0.5, 0.6) is 5.75 Å². The Morgan fingerprint density at radius 3 is 2.71 bits per heavy atom. The predicted molar refractivity (Wildman–Crippen MR) is 65.5 cm³/mol. The second-order valence-corrected chi connectivity index (χ2v) is 4.61. The molecular formula is C13H17NO3. The van der Waals surface area contributed by atoms with Gasteiger partial charge >= 0.3 is 5.97 Å². The average molecular weight is 235 g/mol. The van der Waals surface area contributed by atoms with Crippen molar-refractivity contribution in [3.8, 4) is 5.75 Å². The Bertz CT molecular complexity index is 413. The first-order chi connectivity index (χ1) is 8.08. The maximum absolute atomic E-state index is 11.1. The molecule has 4 heteroatoms. The highest BCUT2D eigenvalue weighted by Crippen LogP contribution is 2.35. The topological polar surface area (TPSA) is 49.8 Å². The van der Waals surface area contributed by atoms with Crippen molar-refractivity contribution in [2.45, 2.75) is 18.9 Å². The molecule has 0 amide bonds. The number of aliphatic carboxylic acids is 1. The van der Waals surface area contributed by atoms with Crippen LogP contribution < -0.4 is 9.64 Å². The van der Waals surface area contributed by atoms with Crippen molar-refractivity contribution in [1.29, 1.82) is 0 Å². The zero-order valence-electron chi connectivity index (χ0n) is 10.1. The molecule has 92 valence electrons. The smallest absolute Gasteiger partial charge is 0.345 e. The van der Waals surface area contributed by atoms with Gasteiger partial charge < -0.3 is 14.7 Å². The van der Waals surface area contributed by atoms with E-state index >= 15 is 0 Å². The van der Waals surface area contributed by atoms with E-state index in [0.717, 1.165) is 18.5 Å². The van der Waals surface area contributed by atoms with Gasteiger partial charge in [0.25, 0.3) is 0 Å². The number of rotatable bonds is 5. The molecule has 2 rings (SSSR count). The molecule has 1 atom stereocenters. The number of anilines is 1. The lowest BCUT2D eigenvalue weighted by molar-refractivity contribution is -0.146. The second kappa shape index (κ2) is 4.65. The third-order valence-corrected chi connectivity index (χ3v) is 2.89. The van der Waals surface area contributed by atoms with E-state index < -0.39 is 12.1 Å². The van der Waals surface area contributed by atoms with Gasteiger partial charge in [-0.3, -0.25) is 0 Å². The molecule has 0 spiro atoms. The Morgan fingerprint density at radius 1 is 1.47 bits per heavy atom. The summed E-state index contributed by atoms with van der Waals surface area (Å²) in [6.07, 6.45) is 1.20. The van der Waals surface area contributed by atoms with Crippen LogP contribution in [0.15, 0.2) is 24.3 Å². The quantitative estimate of drug-likeness (QED) is 0.848. The number of hydrogen-bond acceptors (Lipinski definition) is 3. The Hall–Kier alpha value is -1.71. The minimum atomic E-state index is -0.872. The van der Waals surface area contributed by atoms with Gasteiger partial charge in [0.1, 0.15) is 5.75 Å². The molecule has 1 saturated carbocycles. The standard InChI is InChI=1S/C13H17NO3/c1-14(2)10-4-3-5-11(8-10)17-12(13(15)16)9-6-7-9/h3-5,8-9,12H,6-7H2,1-2H3,(H,15,16). The zero-order chi connectivity index (χ0) is 12.4. The fourth-order valence-electron chi connectivity index (χ4n) is 1.73. The summed E-state index contributed by atoms with van der Waals surface area (Å²) in [5, 5.41) is 9.09. The molecule has 1 aromatic rings. The molecule has 0 saturated heterocycles. The molecule has 17 heavy (non-hydrogen) atoms. The van der Waals surface area contributed by atoms with E-state index in [1.807, 2.05) is 37.2 Å². The van der Waals surface area contributed by atoms with E-state index in [4.69, 9.17) is 9.84 Å². The van der Waals surface area contributed by atoms with Crippen LogP contribution in [0, 0.1) is 5.92 Å². The molecular weight excluding hydrogens is 218 g/mol. The molecule has 0 radical (unpaired) electrons. The molecule has 1 aliphatic rings. The molecule has 0 aromatic heterocycles. The first-order valence-electron chi connectivity index (χ1n) is 5.75. The molecule has 0 bridgehead atoms. The molecule has 1 unspecified atom stereocenters. The predicted octanol–water partition coefficient (Wildman–Crippen LogP) is 1.99. The van der Waals surface area contributed by atoms with Crippen LogP contribution in [-0.2, 0) is 4.79 Å². The van der Waals surface area contributed by atoms with Gasteiger partial charge in [0.2, 0.25) is 0 Å². The van der Waals surface area contributed by atoms with Crippen LogP contribution in [0.1, 0.15) is 12.8 Å². The Morgan fingerprint density at radius 2 is 2.18 bits per heavy atom. The summed E-state index contributed by atoms with van der Waals surface area (Å²) in [4.78, 5) is 13.0. The third-order valence-electron chi connectivity index (χ3n) is 2.89. The molecule has 1 fully saturated rings. The molecule has 1 aromatic carbocycles. The summed E-state index contributed by atoms with van der Waals surface area (Å²) >= 11 is 0. The zero-order valence-corrected chi connectivity index (χ0v) is 10.1. The van der Waals surface area contributed by atoms with Crippen molar-refractivity contribution in [2.24, 2.45) is 5.92 Å². The van der Waals surface area contributed by atoms with E-state index in [-0.39, 0.29) is 5.92 Å². The highest BCUT2D eigenvalue weighted by molar-refractivity contribution is 5.73. The Balaban J connectivity index is 2.11. The van der Waals surface area contributed by atoms with E-state index in [1.165, 1.54) is 0 Å². The van der Waals surface area contributed by atoms with Crippen LogP contribution in [0.4, 0.5) is 5.69 Å². The van der Waals surface area contributed by atoms with E-state index in [1.54, 1.807) is 6.07 Å². The number of hydrogen-bond donors (Lipinski definition) is 1. The lowest BCUT2D eigenvalue weighted by Gasteiger charge is -2.17. The van der Waals surface area contributed by atoms with Crippen molar-refractivity contribution in [2.75, 3.05) is 19.0 Å². The molecule has 4 nitrogen and oxygen atoms in total. The van der Waals surface area contributed by atoms with Crippen molar-refractivity contribution >= 4 is 11.7 Å². The van der Waals surface area contributed by atoms with Gasteiger partial charge in [-0.25, -0.2) is 4.79 Å². The summed E-state index contributed by atoms with van der Waals surface area (Å²) < 4.78 is 5.56. The summed E-state index contributed by atoms with van der Waals surface area (Å²) in [5.74, 6) is -0.0752. The van der Waals surface area contributed by atoms with Gasteiger partial charge in [-0.15, -0.1) is 0 Å². The fourth-order valence-corrected chi connectivity index (χ4v) is 1.73. The highest BCUT2D eigenvalue weighted by Gasteiger charge is 2.38. The summed E-state index contributed by atoms with van der Waals surface area (Å²) in [6.45, 7) is 0. The lowest BCUT2D eigenvalue weighted by atomic mass is 10.2. The highest BCUT2D eigenvalue weighted by atomic mass is 16.5. The van der Waals surface area contributed by atoms with Crippen LogP contribution in [0.25, 0.3) is 0 Å². The first kappa shape index (κ1) is 11.8. The number of carboxylic acids is 1. The minimum Gasteiger partial charge on any atom is -0.478 e. The lowest BCUT2D eigenvalue weighted by Crippen LogP contribution is -2.29. The van der Waals surface area contributed by atoms with Crippen molar-refractivity contribution in [3.05, 3.63) is 24.3 Å². The summed E-state index contributed by atoms with van der Waals surface area (Å²) in [7, 11) is 3.88.